The van der Waals surface area contributed by atoms with Gasteiger partial charge in [0, 0.05) is 6.42 Å². The second-order valence-electron chi connectivity index (χ2n) is 4.67. The second kappa shape index (κ2) is 7.12. The van der Waals surface area contributed by atoms with Crippen LogP contribution < -0.4 is 16.0 Å². The largest absolute Gasteiger partial charge is 0.494 e. The van der Waals surface area contributed by atoms with Gasteiger partial charge in [0.05, 0.1) is 6.61 Å². The lowest BCUT2D eigenvalue weighted by Crippen LogP contribution is -2.28. The number of hydrogen-bond donors (Lipinski definition) is 2. The number of rotatable bonds is 7. The molecule has 1 heterocycles. The molecule has 2 rings (SSSR count). The van der Waals surface area contributed by atoms with E-state index in [0.717, 1.165) is 42.3 Å². The van der Waals surface area contributed by atoms with Crippen molar-refractivity contribution >= 4 is 0 Å². The van der Waals surface area contributed by atoms with E-state index in [9.17, 15) is 0 Å². The van der Waals surface area contributed by atoms with Gasteiger partial charge in [0.15, 0.2) is 0 Å². The van der Waals surface area contributed by atoms with Gasteiger partial charge in [0.25, 0.3) is 0 Å². The lowest BCUT2D eigenvalue weighted by molar-refractivity contribution is 0.317. The Hall–Kier alpha value is -1.78. The van der Waals surface area contributed by atoms with Gasteiger partial charge in [-0.2, -0.15) is 0 Å². The number of hydrazine groups is 1. The molecule has 1 aromatic heterocycles. The topological polar surface area (TPSA) is 60.4 Å². The van der Waals surface area contributed by atoms with Crippen LogP contribution in [-0.4, -0.2) is 6.61 Å². The minimum atomic E-state index is -0.143. The van der Waals surface area contributed by atoms with Crippen LogP contribution in [-0.2, 0) is 6.42 Å². The molecular weight excluding hydrogens is 252 g/mol. The van der Waals surface area contributed by atoms with Crippen molar-refractivity contribution in [3.8, 4) is 5.75 Å². The molecule has 0 aliphatic rings. The van der Waals surface area contributed by atoms with Gasteiger partial charge in [-0.1, -0.05) is 26.0 Å². The SMILES string of the molecule is CCCOc1ccc(C(NN)c2ccc(CC)o2)cc1. The van der Waals surface area contributed by atoms with Crippen LogP contribution in [0.15, 0.2) is 40.8 Å². The maximum absolute atomic E-state index is 5.76. The maximum Gasteiger partial charge on any atom is 0.126 e. The Labute approximate surface area is 119 Å². The lowest BCUT2D eigenvalue weighted by Gasteiger charge is -2.14. The molecule has 0 aliphatic carbocycles. The smallest absolute Gasteiger partial charge is 0.126 e. The van der Waals surface area contributed by atoms with Gasteiger partial charge in [-0.05, 0) is 36.2 Å². The van der Waals surface area contributed by atoms with Crippen molar-refractivity contribution < 1.29 is 9.15 Å². The monoisotopic (exact) mass is 274 g/mol. The zero-order valence-electron chi connectivity index (χ0n) is 12.1. The second-order valence-corrected chi connectivity index (χ2v) is 4.67. The van der Waals surface area contributed by atoms with Gasteiger partial charge in [-0.3, -0.25) is 5.84 Å². The van der Waals surface area contributed by atoms with Crippen LogP contribution in [0.1, 0.15) is 43.4 Å². The van der Waals surface area contributed by atoms with Gasteiger partial charge < -0.3 is 9.15 Å². The van der Waals surface area contributed by atoms with Crippen LogP contribution in [0.25, 0.3) is 0 Å². The van der Waals surface area contributed by atoms with Gasteiger partial charge in [-0.15, -0.1) is 0 Å². The van der Waals surface area contributed by atoms with Gasteiger partial charge >= 0.3 is 0 Å². The van der Waals surface area contributed by atoms with E-state index in [1.165, 1.54) is 0 Å². The Morgan fingerprint density at radius 1 is 1.15 bits per heavy atom. The first-order chi connectivity index (χ1) is 9.78. The summed E-state index contributed by atoms with van der Waals surface area (Å²) < 4.78 is 11.3. The summed E-state index contributed by atoms with van der Waals surface area (Å²) in [6.45, 7) is 4.88. The average Bonchev–Trinajstić information content (AvgIpc) is 2.96. The van der Waals surface area contributed by atoms with E-state index in [2.05, 4.69) is 19.3 Å². The normalized spacial score (nSPS) is 12.3. The van der Waals surface area contributed by atoms with Crippen molar-refractivity contribution in [1.82, 2.24) is 5.43 Å². The molecule has 0 bridgehead atoms. The van der Waals surface area contributed by atoms with Gasteiger partial charge in [-0.25, -0.2) is 5.43 Å². The Bertz CT molecular complexity index is 520. The number of nitrogens with one attached hydrogen (secondary N) is 1. The number of nitrogens with two attached hydrogens (primary N) is 1. The van der Waals surface area contributed by atoms with E-state index >= 15 is 0 Å². The summed E-state index contributed by atoms with van der Waals surface area (Å²) in [6, 6.07) is 11.7. The van der Waals surface area contributed by atoms with Crippen molar-refractivity contribution in [2.45, 2.75) is 32.7 Å². The highest BCUT2D eigenvalue weighted by Gasteiger charge is 2.16. The summed E-state index contributed by atoms with van der Waals surface area (Å²) in [6.07, 6.45) is 1.88. The Morgan fingerprint density at radius 2 is 1.90 bits per heavy atom. The standard InChI is InChI=1S/C16H22N2O2/c1-3-11-19-14-7-5-12(6-8-14)16(18-17)15-10-9-13(4-2)20-15/h5-10,16,18H,3-4,11,17H2,1-2H3. The van der Waals surface area contributed by atoms with Crippen LogP contribution in [0.5, 0.6) is 5.75 Å². The summed E-state index contributed by atoms with van der Waals surface area (Å²) in [7, 11) is 0. The highest BCUT2D eigenvalue weighted by Crippen LogP contribution is 2.25. The number of ether oxygens (including phenoxy) is 1. The Kier molecular flexibility index (Phi) is 5.21. The zero-order valence-corrected chi connectivity index (χ0v) is 12.1. The van der Waals surface area contributed by atoms with E-state index < -0.39 is 0 Å². The first kappa shape index (κ1) is 14.6. The number of benzene rings is 1. The Morgan fingerprint density at radius 3 is 2.45 bits per heavy atom. The van der Waals surface area contributed by atoms with Crippen LogP contribution in [0.3, 0.4) is 0 Å². The number of aryl methyl sites for hydroxylation is 1. The first-order valence-electron chi connectivity index (χ1n) is 7.06. The van der Waals surface area contributed by atoms with E-state index in [0.29, 0.717) is 0 Å². The van der Waals surface area contributed by atoms with Crippen LogP contribution in [0.2, 0.25) is 0 Å². The highest BCUT2D eigenvalue weighted by molar-refractivity contribution is 5.33. The first-order valence-corrected chi connectivity index (χ1v) is 7.06. The minimum absolute atomic E-state index is 0.143. The van der Waals surface area contributed by atoms with E-state index in [1.807, 2.05) is 36.4 Å². The molecule has 0 fully saturated rings. The summed E-state index contributed by atoms with van der Waals surface area (Å²) >= 11 is 0. The predicted octanol–water partition coefficient (Wildman–Crippen LogP) is 3.18. The van der Waals surface area contributed by atoms with Crippen molar-refractivity contribution in [1.29, 1.82) is 0 Å². The molecule has 0 saturated carbocycles. The molecule has 2 aromatic rings. The molecule has 0 spiro atoms. The molecule has 0 saturated heterocycles. The van der Waals surface area contributed by atoms with Crippen molar-refractivity contribution in [2.75, 3.05) is 6.61 Å². The molecule has 1 aromatic carbocycles. The molecule has 1 atom stereocenters. The molecule has 0 radical (unpaired) electrons. The van der Waals surface area contributed by atoms with Crippen LogP contribution >= 0.6 is 0 Å². The quantitative estimate of drug-likeness (QED) is 0.601. The predicted molar refractivity (Wildman–Crippen MR) is 79.5 cm³/mol. The molecule has 4 heteroatoms. The summed E-state index contributed by atoms with van der Waals surface area (Å²) in [5, 5.41) is 0. The van der Waals surface area contributed by atoms with E-state index in [1.54, 1.807) is 0 Å². The molecule has 1 unspecified atom stereocenters. The number of hydrogen-bond acceptors (Lipinski definition) is 4. The molecule has 20 heavy (non-hydrogen) atoms. The highest BCUT2D eigenvalue weighted by atomic mass is 16.5. The average molecular weight is 274 g/mol. The van der Waals surface area contributed by atoms with Gasteiger partial charge in [0.2, 0.25) is 0 Å². The van der Waals surface area contributed by atoms with Gasteiger partial charge in [0.1, 0.15) is 23.3 Å². The zero-order chi connectivity index (χ0) is 14.4. The summed E-state index contributed by atoms with van der Waals surface area (Å²) in [5.41, 5.74) is 3.85. The van der Waals surface area contributed by atoms with Crippen molar-refractivity contribution in [3.63, 3.8) is 0 Å². The molecule has 0 amide bonds. The Balaban J connectivity index is 2.14. The lowest BCUT2D eigenvalue weighted by atomic mass is 10.1. The third-order valence-corrected chi connectivity index (χ3v) is 3.17. The van der Waals surface area contributed by atoms with Crippen LogP contribution in [0.4, 0.5) is 0 Å². The number of furan rings is 1. The van der Waals surface area contributed by atoms with Crippen LogP contribution in [0, 0.1) is 0 Å². The van der Waals surface area contributed by atoms with Crippen molar-refractivity contribution in [2.24, 2.45) is 5.84 Å². The fourth-order valence-corrected chi connectivity index (χ4v) is 2.06. The maximum atomic E-state index is 5.76. The minimum Gasteiger partial charge on any atom is -0.494 e. The summed E-state index contributed by atoms with van der Waals surface area (Å²) in [5.74, 6) is 8.33. The molecule has 0 aliphatic heterocycles. The summed E-state index contributed by atoms with van der Waals surface area (Å²) in [4.78, 5) is 0. The van der Waals surface area contributed by atoms with E-state index in [-0.39, 0.29) is 6.04 Å². The fraction of sp³-hybridized carbons (Fsp3) is 0.375. The molecular formula is C16H22N2O2. The molecule has 108 valence electrons. The molecule has 3 N–H and O–H groups in total. The third-order valence-electron chi connectivity index (χ3n) is 3.17. The molecule has 4 nitrogen and oxygen atoms in total. The van der Waals surface area contributed by atoms with Crippen molar-refractivity contribution in [3.05, 3.63) is 53.5 Å². The fourth-order valence-electron chi connectivity index (χ4n) is 2.06. The van der Waals surface area contributed by atoms with E-state index in [4.69, 9.17) is 15.0 Å². The third kappa shape index (κ3) is 3.40.